The number of aromatic carboxylic acids is 1. The van der Waals surface area contributed by atoms with E-state index in [0.29, 0.717) is 11.3 Å². The Morgan fingerprint density at radius 3 is 2.71 bits per heavy atom. The summed E-state index contributed by atoms with van der Waals surface area (Å²) < 4.78 is 14.0. The van der Waals surface area contributed by atoms with Crippen LogP contribution in [0.25, 0.3) is 5.69 Å². The number of halogens is 1. The summed E-state index contributed by atoms with van der Waals surface area (Å²) in [5.41, 5.74) is -0.0734. The second-order valence-corrected chi connectivity index (χ2v) is 3.56. The Bertz CT molecular complexity index is 642. The van der Waals surface area contributed by atoms with E-state index in [0.717, 1.165) is 10.9 Å². The molecule has 0 saturated carbocycles. The second-order valence-electron chi connectivity index (χ2n) is 3.56. The number of carboxylic acids is 1. The van der Waals surface area contributed by atoms with Gasteiger partial charge in [0.1, 0.15) is 11.4 Å². The first kappa shape index (κ1) is 11.1. The number of aromatic nitrogens is 2. The van der Waals surface area contributed by atoms with Gasteiger partial charge in [-0.05, 0) is 30.7 Å². The van der Waals surface area contributed by atoms with Gasteiger partial charge < -0.3 is 5.11 Å². The minimum atomic E-state index is -1.30. The summed E-state index contributed by atoms with van der Waals surface area (Å²) in [6.45, 7) is 1.63. The molecular formula is C11H9FN2O3. The molecule has 6 heteroatoms. The number of carboxylic acid groups (broad SMARTS) is 1. The first-order valence-corrected chi connectivity index (χ1v) is 4.81. The molecule has 0 bridgehead atoms. The smallest absolute Gasteiger partial charge is 0.342 e. The van der Waals surface area contributed by atoms with E-state index in [4.69, 9.17) is 5.11 Å². The highest BCUT2D eigenvalue weighted by Crippen LogP contribution is 2.12. The normalized spacial score (nSPS) is 10.5. The number of rotatable bonds is 2. The third kappa shape index (κ3) is 1.84. The van der Waals surface area contributed by atoms with Crippen molar-refractivity contribution in [3.8, 4) is 5.69 Å². The van der Waals surface area contributed by atoms with Gasteiger partial charge in [0.05, 0.1) is 5.69 Å². The standard InChI is InChI=1S/C11H9FN2O3/c1-6-4-7(12)2-3-9(6)14-10(15)8(5-13-14)11(16)17/h2-5,13H,1H3,(H,16,17). The molecular weight excluding hydrogens is 227 g/mol. The Morgan fingerprint density at radius 2 is 2.18 bits per heavy atom. The zero-order valence-electron chi connectivity index (χ0n) is 8.90. The molecule has 2 rings (SSSR count). The lowest BCUT2D eigenvalue weighted by Crippen LogP contribution is -2.20. The monoisotopic (exact) mass is 236 g/mol. The third-order valence-corrected chi connectivity index (χ3v) is 2.40. The van der Waals surface area contributed by atoms with Gasteiger partial charge in [-0.3, -0.25) is 9.89 Å². The molecule has 0 aliphatic carbocycles. The molecule has 0 spiro atoms. The van der Waals surface area contributed by atoms with E-state index in [2.05, 4.69) is 5.10 Å². The first-order chi connectivity index (χ1) is 8.00. The molecule has 1 aromatic heterocycles. The van der Waals surface area contributed by atoms with Crippen LogP contribution in [0, 0.1) is 12.7 Å². The van der Waals surface area contributed by atoms with E-state index >= 15 is 0 Å². The van der Waals surface area contributed by atoms with Crippen molar-refractivity contribution in [2.75, 3.05) is 0 Å². The zero-order chi connectivity index (χ0) is 12.6. The minimum absolute atomic E-state index is 0.353. The number of nitrogens with one attached hydrogen (secondary N) is 1. The maximum atomic E-state index is 12.9. The quantitative estimate of drug-likeness (QED) is 0.825. The van der Waals surface area contributed by atoms with Crippen LogP contribution < -0.4 is 5.56 Å². The van der Waals surface area contributed by atoms with Crippen LogP contribution >= 0.6 is 0 Å². The number of aryl methyl sites for hydroxylation is 1. The minimum Gasteiger partial charge on any atom is -0.477 e. The molecule has 5 nitrogen and oxygen atoms in total. The fourth-order valence-corrected chi connectivity index (χ4v) is 1.57. The lowest BCUT2D eigenvalue weighted by Gasteiger charge is -2.05. The number of benzene rings is 1. The number of aromatic amines is 1. The molecule has 88 valence electrons. The van der Waals surface area contributed by atoms with Crippen molar-refractivity contribution in [1.82, 2.24) is 9.78 Å². The molecule has 2 N–H and O–H groups in total. The molecule has 0 unspecified atom stereocenters. The van der Waals surface area contributed by atoms with Gasteiger partial charge in [-0.25, -0.2) is 13.9 Å². The van der Waals surface area contributed by atoms with E-state index in [1.165, 1.54) is 18.2 Å². The van der Waals surface area contributed by atoms with Crippen LogP contribution in [-0.2, 0) is 0 Å². The molecule has 2 aromatic rings. The van der Waals surface area contributed by atoms with Crippen LogP contribution in [0.5, 0.6) is 0 Å². The topological polar surface area (TPSA) is 75.1 Å². The largest absolute Gasteiger partial charge is 0.477 e. The van der Waals surface area contributed by atoms with Crippen LogP contribution in [0.3, 0.4) is 0 Å². The number of hydrogen-bond donors (Lipinski definition) is 2. The van der Waals surface area contributed by atoms with Gasteiger partial charge >= 0.3 is 5.97 Å². The van der Waals surface area contributed by atoms with E-state index < -0.39 is 17.3 Å². The highest BCUT2D eigenvalue weighted by molar-refractivity contribution is 5.86. The molecule has 1 aromatic carbocycles. The summed E-state index contributed by atoms with van der Waals surface area (Å²) >= 11 is 0. The van der Waals surface area contributed by atoms with Crippen LogP contribution in [0.1, 0.15) is 15.9 Å². The number of H-pyrrole nitrogens is 1. The zero-order valence-corrected chi connectivity index (χ0v) is 8.90. The van der Waals surface area contributed by atoms with Gasteiger partial charge in [-0.2, -0.15) is 0 Å². The first-order valence-electron chi connectivity index (χ1n) is 4.81. The van der Waals surface area contributed by atoms with Crippen LogP contribution in [-0.4, -0.2) is 20.9 Å². The predicted octanol–water partition coefficient (Wildman–Crippen LogP) is 1.31. The Labute approximate surface area is 95.1 Å². The Morgan fingerprint density at radius 1 is 1.47 bits per heavy atom. The van der Waals surface area contributed by atoms with Crippen molar-refractivity contribution in [3.63, 3.8) is 0 Å². The van der Waals surface area contributed by atoms with Crippen molar-refractivity contribution >= 4 is 5.97 Å². The van der Waals surface area contributed by atoms with Gasteiger partial charge in [-0.1, -0.05) is 0 Å². The summed E-state index contributed by atoms with van der Waals surface area (Å²) in [6.07, 6.45) is 1.10. The molecule has 0 radical (unpaired) electrons. The summed E-state index contributed by atoms with van der Waals surface area (Å²) in [4.78, 5) is 22.4. The maximum absolute atomic E-state index is 12.9. The molecule has 0 aliphatic rings. The average Bonchev–Trinajstić information content (AvgIpc) is 2.60. The molecule has 0 amide bonds. The third-order valence-electron chi connectivity index (χ3n) is 2.40. The number of nitrogens with zero attached hydrogens (tertiary/aromatic N) is 1. The Balaban J connectivity index is 2.62. The van der Waals surface area contributed by atoms with E-state index in [1.807, 2.05) is 0 Å². The van der Waals surface area contributed by atoms with Crippen molar-refractivity contribution < 1.29 is 14.3 Å². The van der Waals surface area contributed by atoms with E-state index in [1.54, 1.807) is 6.92 Å². The summed E-state index contributed by atoms with van der Waals surface area (Å²) in [5, 5.41) is 11.3. The van der Waals surface area contributed by atoms with E-state index in [9.17, 15) is 14.0 Å². The average molecular weight is 236 g/mol. The van der Waals surface area contributed by atoms with Crippen LogP contribution in [0.4, 0.5) is 4.39 Å². The van der Waals surface area contributed by atoms with Gasteiger partial charge in [0.2, 0.25) is 0 Å². The molecule has 0 atom stereocenters. The van der Waals surface area contributed by atoms with Gasteiger partial charge in [0, 0.05) is 6.20 Å². The molecule has 0 fully saturated rings. The highest BCUT2D eigenvalue weighted by Gasteiger charge is 2.14. The summed E-state index contributed by atoms with van der Waals surface area (Å²) in [7, 11) is 0. The van der Waals surface area contributed by atoms with Crippen molar-refractivity contribution in [2.45, 2.75) is 6.92 Å². The van der Waals surface area contributed by atoms with Crippen molar-refractivity contribution in [2.24, 2.45) is 0 Å². The van der Waals surface area contributed by atoms with E-state index in [-0.39, 0.29) is 5.56 Å². The molecule has 1 heterocycles. The SMILES string of the molecule is Cc1cc(F)ccc1-n1[nH]cc(C(=O)O)c1=O. The van der Waals surface area contributed by atoms with Gasteiger partial charge in [-0.15, -0.1) is 0 Å². The molecule has 0 aliphatic heterocycles. The Hall–Kier alpha value is -2.37. The van der Waals surface area contributed by atoms with Crippen LogP contribution in [0.2, 0.25) is 0 Å². The van der Waals surface area contributed by atoms with Crippen molar-refractivity contribution in [3.05, 3.63) is 51.7 Å². The molecule has 0 saturated heterocycles. The Kier molecular flexibility index (Phi) is 2.55. The second kappa shape index (κ2) is 3.89. The maximum Gasteiger partial charge on any atom is 0.342 e. The fraction of sp³-hybridized carbons (Fsp3) is 0.0909. The van der Waals surface area contributed by atoms with Gasteiger partial charge in [0.25, 0.3) is 5.56 Å². The highest BCUT2D eigenvalue weighted by atomic mass is 19.1. The molecule has 17 heavy (non-hydrogen) atoms. The van der Waals surface area contributed by atoms with Crippen LogP contribution in [0.15, 0.2) is 29.2 Å². The number of hydrogen-bond acceptors (Lipinski definition) is 2. The lowest BCUT2D eigenvalue weighted by molar-refractivity contribution is 0.0695. The summed E-state index contributed by atoms with van der Waals surface area (Å²) in [5.74, 6) is -1.71. The van der Waals surface area contributed by atoms with Gasteiger partial charge in [0.15, 0.2) is 0 Å². The fourth-order valence-electron chi connectivity index (χ4n) is 1.57. The van der Waals surface area contributed by atoms with Crippen molar-refractivity contribution in [1.29, 1.82) is 0 Å². The number of carbonyl (C=O) groups is 1. The predicted molar refractivity (Wildman–Crippen MR) is 58.0 cm³/mol. The lowest BCUT2D eigenvalue weighted by atomic mass is 10.2. The summed E-state index contributed by atoms with van der Waals surface area (Å²) in [6, 6.07) is 3.88.